The molecular weight excluding hydrogens is 670 g/mol. The second-order valence-corrected chi connectivity index (χ2v) is 11.7. The predicted molar refractivity (Wildman–Crippen MR) is 181 cm³/mol. The molecule has 3 unspecified atom stereocenters. The Hall–Kier alpha value is -5.61. The van der Waals surface area contributed by atoms with Crippen molar-refractivity contribution < 1.29 is 57.8 Å². The molecule has 1 heterocycles. The monoisotopic (exact) mass is 717 g/mol. The summed E-state index contributed by atoms with van der Waals surface area (Å²) in [5, 5.41) is 29.0. The summed E-state index contributed by atoms with van der Waals surface area (Å²) in [6, 6.07) is 4.53. The minimum atomic E-state index is -1.66. The molecule has 51 heavy (non-hydrogen) atoms. The lowest BCUT2D eigenvalue weighted by Crippen LogP contribution is -2.50. The molecule has 0 radical (unpaired) electrons. The minimum absolute atomic E-state index is 0.0440. The van der Waals surface area contributed by atoms with Gasteiger partial charge < -0.3 is 45.5 Å². The van der Waals surface area contributed by atoms with Gasteiger partial charge in [0.2, 0.25) is 12.3 Å². The molecule has 17 heteroatoms. The molecule has 3 atom stereocenters. The first-order valence-corrected chi connectivity index (χ1v) is 16.7. The Kier molecular flexibility index (Phi) is 16.9. The standard InChI is InChI=1S/C34H47N5O12/c1-6-9-10-11-22(25(7-2)39(19-40)51-34(48)37-20(4)5)30(43)35-18-36-32(45)27-15-14-26(50-27)21-12-13-23(28(16-21)49-8-3)31(44)38-24(33(46)47)17-29(41)42/h12-16,19-20,22,24-25H,6-11,17-18H2,1-5H3,(H,35,43)(H,36,45)(H,37,48)(H,38,44)(H,41,42)(H,46,47). The average Bonchev–Trinajstić information content (AvgIpc) is 3.57. The van der Waals surface area contributed by atoms with Crippen LogP contribution in [0.5, 0.6) is 5.75 Å². The van der Waals surface area contributed by atoms with E-state index in [0.717, 1.165) is 17.9 Å². The number of aliphatic carboxylic acids is 2. The zero-order chi connectivity index (χ0) is 38.1. The molecule has 0 aliphatic carbocycles. The van der Waals surface area contributed by atoms with Crippen LogP contribution in [0.15, 0.2) is 34.7 Å². The zero-order valence-electron chi connectivity index (χ0n) is 29.4. The van der Waals surface area contributed by atoms with Gasteiger partial charge >= 0.3 is 18.0 Å². The van der Waals surface area contributed by atoms with Gasteiger partial charge in [-0.25, -0.2) is 9.59 Å². The highest BCUT2D eigenvalue weighted by Crippen LogP contribution is 2.29. The Labute approximate surface area is 295 Å². The van der Waals surface area contributed by atoms with Crippen molar-refractivity contribution in [1.82, 2.24) is 26.3 Å². The van der Waals surface area contributed by atoms with Crippen LogP contribution in [0.2, 0.25) is 0 Å². The topological polar surface area (TPSA) is 243 Å². The van der Waals surface area contributed by atoms with Crippen LogP contribution in [0, 0.1) is 5.92 Å². The lowest BCUT2D eigenvalue weighted by molar-refractivity contribution is -0.169. The van der Waals surface area contributed by atoms with Crippen molar-refractivity contribution in [2.45, 2.75) is 91.3 Å². The maximum Gasteiger partial charge on any atom is 0.431 e. The van der Waals surface area contributed by atoms with Crippen molar-refractivity contribution in [3.63, 3.8) is 0 Å². The number of rotatable bonds is 22. The second-order valence-electron chi connectivity index (χ2n) is 11.7. The van der Waals surface area contributed by atoms with E-state index < -0.39 is 60.2 Å². The first-order valence-electron chi connectivity index (χ1n) is 16.7. The van der Waals surface area contributed by atoms with Gasteiger partial charge in [0, 0.05) is 11.6 Å². The van der Waals surface area contributed by atoms with E-state index in [1.807, 2.05) is 6.92 Å². The Morgan fingerprint density at radius 1 is 0.941 bits per heavy atom. The van der Waals surface area contributed by atoms with Crippen molar-refractivity contribution in [3.8, 4) is 17.1 Å². The fourth-order valence-corrected chi connectivity index (χ4v) is 5.07. The van der Waals surface area contributed by atoms with E-state index in [9.17, 15) is 38.7 Å². The summed E-state index contributed by atoms with van der Waals surface area (Å²) in [5.74, 6) is -5.44. The summed E-state index contributed by atoms with van der Waals surface area (Å²) < 4.78 is 11.3. The average molecular weight is 718 g/mol. The third kappa shape index (κ3) is 13.0. The normalized spacial score (nSPS) is 12.5. The van der Waals surface area contributed by atoms with Crippen LogP contribution in [-0.4, -0.2) is 88.8 Å². The third-order valence-corrected chi connectivity index (χ3v) is 7.50. The Balaban J connectivity index is 2.14. The van der Waals surface area contributed by atoms with E-state index in [1.54, 1.807) is 27.7 Å². The third-order valence-electron chi connectivity index (χ3n) is 7.50. The van der Waals surface area contributed by atoms with Crippen LogP contribution >= 0.6 is 0 Å². The number of unbranched alkanes of at least 4 members (excludes halogenated alkanes) is 2. The van der Waals surface area contributed by atoms with Crippen molar-refractivity contribution in [2.24, 2.45) is 5.92 Å². The molecule has 6 N–H and O–H groups in total. The lowest BCUT2D eigenvalue weighted by atomic mass is 9.90. The second kappa shape index (κ2) is 20.8. The maximum absolute atomic E-state index is 13.3. The molecule has 5 amide bonds. The van der Waals surface area contributed by atoms with Crippen LogP contribution in [-0.2, 0) is 24.0 Å². The Bertz CT molecular complexity index is 1520. The molecule has 1 aromatic heterocycles. The van der Waals surface area contributed by atoms with Crippen molar-refractivity contribution in [2.75, 3.05) is 13.3 Å². The smallest absolute Gasteiger partial charge is 0.431 e. The van der Waals surface area contributed by atoms with E-state index >= 15 is 0 Å². The maximum atomic E-state index is 13.3. The molecule has 2 aromatic rings. The molecule has 0 aliphatic heterocycles. The van der Waals surface area contributed by atoms with E-state index in [0.29, 0.717) is 31.2 Å². The number of benzene rings is 1. The van der Waals surface area contributed by atoms with E-state index in [2.05, 4.69) is 21.3 Å². The summed E-state index contributed by atoms with van der Waals surface area (Å²) in [5.41, 5.74) is 0.365. The molecule has 1 aromatic carbocycles. The van der Waals surface area contributed by atoms with Crippen molar-refractivity contribution in [3.05, 3.63) is 41.7 Å². The van der Waals surface area contributed by atoms with E-state index in [1.165, 1.54) is 30.3 Å². The number of furan rings is 1. The molecule has 0 saturated carbocycles. The Morgan fingerprint density at radius 3 is 2.25 bits per heavy atom. The SMILES string of the molecule is CCCCCC(C(=O)NCNC(=O)c1ccc(-c2ccc(C(=O)NC(CC(=O)O)C(=O)O)c(OCC)c2)o1)C(CC)N(C=O)OC(=O)NC(C)C. The molecule has 0 spiro atoms. The minimum Gasteiger partial charge on any atom is -0.493 e. The van der Waals surface area contributed by atoms with Gasteiger partial charge in [-0.15, -0.1) is 0 Å². The summed E-state index contributed by atoms with van der Waals surface area (Å²) in [6.07, 6.45) is 1.84. The van der Waals surface area contributed by atoms with Gasteiger partial charge in [0.05, 0.1) is 37.2 Å². The number of ether oxygens (including phenoxy) is 1. The van der Waals surface area contributed by atoms with Crippen LogP contribution in [0.1, 0.15) is 94.1 Å². The number of carboxylic acids is 2. The predicted octanol–water partition coefficient (Wildman–Crippen LogP) is 3.29. The quantitative estimate of drug-likeness (QED) is 0.0445. The molecule has 2 rings (SSSR count). The highest BCUT2D eigenvalue weighted by molar-refractivity contribution is 6.00. The molecule has 0 saturated heterocycles. The van der Waals surface area contributed by atoms with Gasteiger partial charge in [-0.1, -0.05) is 39.2 Å². The number of carbonyl (C=O) groups excluding carboxylic acids is 5. The number of carboxylic acid groups (broad SMARTS) is 2. The van der Waals surface area contributed by atoms with Crippen LogP contribution < -0.4 is 26.0 Å². The molecule has 0 fully saturated rings. The van der Waals surface area contributed by atoms with Crippen molar-refractivity contribution >= 4 is 42.2 Å². The number of hydrogen-bond donors (Lipinski definition) is 6. The van der Waals surface area contributed by atoms with Crippen LogP contribution in [0.3, 0.4) is 0 Å². The fourth-order valence-electron chi connectivity index (χ4n) is 5.07. The van der Waals surface area contributed by atoms with Gasteiger partial charge in [-0.2, -0.15) is 5.06 Å². The first kappa shape index (κ1) is 41.6. The molecule has 17 nitrogen and oxygen atoms in total. The van der Waals surface area contributed by atoms with Gasteiger partial charge in [0.1, 0.15) is 17.6 Å². The zero-order valence-corrected chi connectivity index (χ0v) is 29.4. The van der Waals surface area contributed by atoms with Crippen LogP contribution in [0.25, 0.3) is 11.3 Å². The summed E-state index contributed by atoms with van der Waals surface area (Å²) in [6.45, 7) is 8.77. The lowest BCUT2D eigenvalue weighted by Gasteiger charge is -2.32. The highest BCUT2D eigenvalue weighted by Gasteiger charge is 2.33. The summed E-state index contributed by atoms with van der Waals surface area (Å²) in [4.78, 5) is 90.8. The number of carbonyl (C=O) groups is 7. The Morgan fingerprint density at radius 2 is 1.67 bits per heavy atom. The van der Waals surface area contributed by atoms with Crippen molar-refractivity contribution in [1.29, 1.82) is 0 Å². The first-order chi connectivity index (χ1) is 24.3. The van der Waals surface area contributed by atoms with E-state index in [-0.39, 0.29) is 42.2 Å². The molecule has 0 bridgehead atoms. The molecular formula is C34H47N5O12. The van der Waals surface area contributed by atoms with Gasteiger partial charge in [-0.05, 0) is 57.9 Å². The summed E-state index contributed by atoms with van der Waals surface area (Å²) >= 11 is 0. The molecule has 280 valence electrons. The highest BCUT2D eigenvalue weighted by atomic mass is 16.7. The fraction of sp³-hybridized carbons (Fsp3) is 0.500. The van der Waals surface area contributed by atoms with Crippen LogP contribution in [0.4, 0.5) is 4.79 Å². The number of nitrogens with zero attached hydrogens (tertiary/aromatic N) is 1. The van der Waals surface area contributed by atoms with Gasteiger partial charge in [-0.3, -0.25) is 24.0 Å². The largest absolute Gasteiger partial charge is 0.493 e. The van der Waals surface area contributed by atoms with Gasteiger partial charge in [0.25, 0.3) is 11.8 Å². The number of amides is 5. The number of hydroxylamine groups is 2. The summed E-state index contributed by atoms with van der Waals surface area (Å²) in [7, 11) is 0. The number of hydrogen-bond acceptors (Lipinski definition) is 10. The van der Waals surface area contributed by atoms with E-state index in [4.69, 9.17) is 19.1 Å². The number of nitrogens with one attached hydrogen (secondary N) is 4. The van der Waals surface area contributed by atoms with Gasteiger partial charge in [0.15, 0.2) is 5.76 Å². The molecule has 0 aliphatic rings.